The Bertz CT molecular complexity index is 623. The molecule has 4 saturated carbocycles. The lowest BCUT2D eigenvalue weighted by Gasteiger charge is -2.62. The van der Waals surface area contributed by atoms with Crippen LogP contribution in [0.2, 0.25) is 0 Å². The van der Waals surface area contributed by atoms with Gasteiger partial charge in [-0.1, -0.05) is 20.8 Å². The van der Waals surface area contributed by atoms with Crippen LogP contribution in [0.3, 0.4) is 0 Å². The fourth-order valence-electron chi connectivity index (χ4n) is 8.88. The molecular formula is C25H43NO3. The first-order valence-corrected chi connectivity index (χ1v) is 12.2. The van der Waals surface area contributed by atoms with E-state index in [1.54, 1.807) is 0 Å². The fourth-order valence-corrected chi connectivity index (χ4v) is 8.88. The first-order valence-electron chi connectivity index (χ1n) is 12.2. The number of hydrogen-bond donors (Lipinski definition) is 2. The van der Waals surface area contributed by atoms with Gasteiger partial charge < -0.3 is 15.6 Å². The van der Waals surface area contributed by atoms with E-state index in [-0.39, 0.29) is 12.1 Å². The molecule has 0 heterocycles. The predicted molar refractivity (Wildman–Crippen MR) is 115 cm³/mol. The monoisotopic (exact) mass is 405 g/mol. The van der Waals surface area contributed by atoms with E-state index in [1.807, 2.05) is 0 Å². The molecule has 4 fully saturated rings. The zero-order valence-electron chi connectivity index (χ0n) is 19.0. The number of nitrogens with two attached hydrogens (primary N) is 1. The van der Waals surface area contributed by atoms with Crippen molar-refractivity contribution in [2.75, 3.05) is 7.11 Å². The average Bonchev–Trinajstić information content (AvgIpc) is 3.04. The minimum absolute atomic E-state index is 0.0857. The number of carbonyl (C=O) groups excluding carboxylic acids is 1. The zero-order valence-corrected chi connectivity index (χ0v) is 19.0. The van der Waals surface area contributed by atoms with Gasteiger partial charge in [0.25, 0.3) is 0 Å². The molecular weight excluding hydrogens is 362 g/mol. The van der Waals surface area contributed by atoms with Crippen LogP contribution in [0, 0.1) is 46.3 Å². The number of carbonyl (C=O) groups is 1. The molecule has 0 amide bonds. The number of methoxy groups -OCH3 is 1. The molecule has 10 atom stereocenters. The molecule has 3 N–H and O–H groups in total. The van der Waals surface area contributed by atoms with Crippen LogP contribution in [0.4, 0.5) is 0 Å². The highest BCUT2D eigenvalue weighted by atomic mass is 16.5. The molecule has 0 aliphatic heterocycles. The van der Waals surface area contributed by atoms with E-state index >= 15 is 0 Å². The summed E-state index contributed by atoms with van der Waals surface area (Å²) in [5.74, 6) is 3.47. The largest absolute Gasteiger partial charge is 0.469 e. The van der Waals surface area contributed by atoms with Gasteiger partial charge in [-0.05, 0) is 104 Å². The van der Waals surface area contributed by atoms with Crippen LogP contribution in [0.1, 0.15) is 85.0 Å². The van der Waals surface area contributed by atoms with Crippen molar-refractivity contribution < 1.29 is 14.6 Å². The molecule has 4 aliphatic carbocycles. The third-order valence-corrected chi connectivity index (χ3v) is 10.5. The molecule has 0 aromatic carbocycles. The smallest absolute Gasteiger partial charge is 0.305 e. The molecule has 0 radical (unpaired) electrons. The molecule has 29 heavy (non-hydrogen) atoms. The minimum Gasteiger partial charge on any atom is -0.469 e. The Morgan fingerprint density at radius 1 is 1.10 bits per heavy atom. The second-order valence-electron chi connectivity index (χ2n) is 11.7. The number of aliphatic hydroxyl groups excluding tert-OH is 1. The molecule has 0 aromatic rings. The van der Waals surface area contributed by atoms with Crippen LogP contribution in [-0.2, 0) is 9.53 Å². The first kappa shape index (κ1) is 21.6. The molecule has 166 valence electrons. The molecule has 0 saturated heterocycles. The average molecular weight is 406 g/mol. The van der Waals surface area contributed by atoms with Crippen LogP contribution < -0.4 is 5.73 Å². The number of fused-ring (bicyclic) bond motifs is 5. The number of hydrogen-bond acceptors (Lipinski definition) is 4. The highest BCUT2D eigenvalue weighted by Gasteiger charge is 2.62. The Hall–Kier alpha value is -0.610. The molecule has 0 aromatic heterocycles. The number of rotatable bonds is 4. The fraction of sp³-hybridized carbons (Fsp3) is 0.960. The molecule has 0 spiro atoms. The Labute approximate surface area is 177 Å². The summed E-state index contributed by atoms with van der Waals surface area (Å²) in [5, 5.41) is 11.3. The summed E-state index contributed by atoms with van der Waals surface area (Å²) in [6.45, 7) is 7.38. The third-order valence-electron chi connectivity index (χ3n) is 10.5. The van der Waals surface area contributed by atoms with Crippen molar-refractivity contribution in [3.63, 3.8) is 0 Å². The van der Waals surface area contributed by atoms with Crippen LogP contribution in [-0.4, -0.2) is 30.3 Å². The van der Waals surface area contributed by atoms with E-state index in [2.05, 4.69) is 20.8 Å². The summed E-state index contributed by atoms with van der Waals surface area (Å²) < 4.78 is 4.87. The van der Waals surface area contributed by atoms with Crippen molar-refractivity contribution in [1.82, 2.24) is 0 Å². The normalized spacial score (nSPS) is 50.2. The summed E-state index contributed by atoms with van der Waals surface area (Å²) in [4.78, 5) is 11.7. The summed E-state index contributed by atoms with van der Waals surface area (Å²) in [6.07, 6.45) is 10.8. The highest BCUT2D eigenvalue weighted by molar-refractivity contribution is 5.69. The minimum atomic E-state index is -0.155. The van der Waals surface area contributed by atoms with E-state index in [1.165, 1.54) is 39.2 Å². The van der Waals surface area contributed by atoms with Gasteiger partial charge in [0, 0.05) is 12.5 Å². The van der Waals surface area contributed by atoms with E-state index in [4.69, 9.17) is 10.5 Å². The van der Waals surface area contributed by atoms with Gasteiger partial charge in [-0.15, -0.1) is 0 Å². The van der Waals surface area contributed by atoms with E-state index in [0.717, 1.165) is 25.7 Å². The van der Waals surface area contributed by atoms with Gasteiger partial charge in [0.2, 0.25) is 0 Å². The van der Waals surface area contributed by atoms with Gasteiger partial charge in [-0.25, -0.2) is 0 Å². The predicted octanol–water partition coefficient (Wildman–Crippen LogP) is 4.53. The quantitative estimate of drug-likeness (QED) is 0.674. The third kappa shape index (κ3) is 3.46. The molecule has 4 heteroatoms. The Balaban J connectivity index is 1.53. The van der Waals surface area contributed by atoms with Crippen molar-refractivity contribution in [2.24, 2.45) is 52.1 Å². The summed E-state index contributed by atoms with van der Waals surface area (Å²) >= 11 is 0. The molecule has 4 aliphatic rings. The highest BCUT2D eigenvalue weighted by Crippen LogP contribution is 2.68. The standard InChI is InChI=1S/C25H43NO3/c1-15(5-8-22(28)29-4)18-6-7-19-23-20(10-12-25(18,19)3)24(2)11-9-17(26)13-16(24)14-21(23)27/h15-21,23,27H,5-14,26H2,1-4H3/t15-,16?,17+,18-,19?,20?,21-,23?,24+,25-/m1/s1. The summed E-state index contributed by atoms with van der Waals surface area (Å²) in [5.41, 5.74) is 7.00. The molecule has 4 nitrogen and oxygen atoms in total. The Kier molecular flexibility index (Phi) is 5.83. The number of esters is 1. The summed E-state index contributed by atoms with van der Waals surface area (Å²) in [7, 11) is 1.48. The van der Waals surface area contributed by atoms with Gasteiger partial charge in [0.1, 0.15) is 0 Å². The van der Waals surface area contributed by atoms with Crippen LogP contribution in [0.25, 0.3) is 0 Å². The second kappa shape index (κ2) is 7.82. The zero-order chi connectivity index (χ0) is 21.0. The topological polar surface area (TPSA) is 72.5 Å². The maximum Gasteiger partial charge on any atom is 0.305 e. The first-order chi connectivity index (χ1) is 13.7. The van der Waals surface area contributed by atoms with Crippen LogP contribution >= 0.6 is 0 Å². The Morgan fingerprint density at radius 3 is 2.52 bits per heavy atom. The van der Waals surface area contributed by atoms with E-state index in [9.17, 15) is 9.90 Å². The lowest BCUT2D eigenvalue weighted by atomic mass is 9.43. The molecule has 4 unspecified atom stereocenters. The lowest BCUT2D eigenvalue weighted by Crippen LogP contribution is -2.59. The van der Waals surface area contributed by atoms with Crippen LogP contribution in [0.5, 0.6) is 0 Å². The molecule has 4 rings (SSSR count). The summed E-state index contributed by atoms with van der Waals surface area (Å²) in [6, 6.07) is 0.331. The number of aliphatic hydroxyl groups is 1. The van der Waals surface area contributed by atoms with E-state index in [0.29, 0.717) is 58.8 Å². The SMILES string of the molecule is COC(=O)CC[C@@H](C)[C@H]1CCC2C3C(CC[C@@]21C)[C@@]1(C)CC[C@H](N)CC1C[C@H]3O. The van der Waals surface area contributed by atoms with Crippen molar-refractivity contribution in [1.29, 1.82) is 0 Å². The van der Waals surface area contributed by atoms with Gasteiger partial charge in [0.15, 0.2) is 0 Å². The maximum absolute atomic E-state index is 11.7. The lowest BCUT2D eigenvalue weighted by molar-refractivity contribution is -0.166. The van der Waals surface area contributed by atoms with Gasteiger partial charge >= 0.3 is 5.97 Å². The van der Waals surface area contributed by atoms with Crippen molar-refractivity contribution in [3.8, 4) is 0 Å². The number of ether oxygens (including phenoxy) is 1. The van der Waals surface area contributed by atoms with Crippen molar-refractivity contribution in [3.05, 3.63) is 0 Å². The van der Waals surface area contributed by atoms with Gasteiger partial charge in [0.05, 0.1) is 13.2 Å². The van der Waals surface area contributed by atoms with Crippen LogP contribution in [0.15, 0.2) is 0 Å². The van der Waals surface area contributed by atoms with Gasteiger partial charge in [-0.3, -0.25) is 4.79 Å². The van der Waals surface area contributed by atoms with Gasteiger partial charge in [-0.2, -0.15) is 0 Å². The molecule has 0 bridgehead atoms. The second-order valence-corrected chi connectivity index (χ2v) is 11.7. The van der Waals surface area contributed by atoms with E-state index < -0.39 is 0 Å². The maximum atomic E-state index is 11.7. The Morgan fingerprint density at radius 2 is 1.79 bits per heavy atom. The van der Waals surface area contributed by atoms with Crippen molar-refractivity contribution >= 4 is 5.97 Å². The van der Waals surface area contributed by atoms with Crippen molar-refractivity contribution in [2.45, 2.75) is 97.1 Å².